The highest BCUT2D eigenvalue weighted by Crippen LogP contribution is 2.27. The summed E-state index contributed by atoms with van der Waals surface area (Å²) in [6, 6.07) is 0. The number of rotatable bonds is 4. The molecule has 0 fully saturated rings. The average molecular weight is 226 g/mol. The topological polar surface area (TPSA) is 20.7 Å². The summed E-state index contributed by atoms with van der Waals surface area (Å²) < 4.78 is 3.12. The molecule has 0 unspecified atom stereocenters. The molecule has 0 radical (unpaired) electrons. The van der Waals surface area contributed by atoms with Gasteiger partial charge in [-0.15, -0.1) is 0 Å². The Kier molecular flexibility index (Phi) is 3.77. The number of imidazole rings is 1. The second kappa shape index (κ2) is 4.52. The monoisotopic (exact) mass is 226 g/mol. The Bertz CT molecular complexity index is 371. The minimum Gasteiger partial charge on any atom is -0.337 e. The first-order chi connectivity index (χ1) is 6.90. The summed E-state index contributed by atoms with van der Waals surface area (Å²) in [6.07, 6.45) is 4.38. The van der Waals surface area contributed by atoms with Crippen LogP contribution in [0.3, 0.4) is 0 Å². The Balaban J connectivity index is 3.22. The molecule has 86 valence electrons. The number of aromatic nitrogens is 2. The normalized spacial score (nSPS) is 12.4. The number of hydrogen-bond donors (Lipinski definition) is 1. The maximum Gasteiger partial charge on any atom is 0.177 e. The smallest absolute Gasteiger partial charge is 0.177 e. The van der Waals surface area contributed by atoms with Crippen molar-refractivity contribution in [2.75, 3.05) is 0 Å². The van der Waals surface area contributed by atoms with E-state index in [1.54, 1.807) is 0 Å². The van der Waals surface area contributed by atoms with Gasteiger partial charge in [0.1, 0.15) is 0 Å². The maximum absolute atomic E-state index is 5.36. The lowest BCUT2D eigenvalue weighted by Gasteiger charge is -2.29. The highest BCUT2D eigenvalue weighted by atomic mass is 32.1. The second-order valence-corrected chi connectivity index (χ2v) is 5.46. The van der Waals surface area contributed by atoms with Crippen LogP contribution in [0, 0.1) is 4.77 Å². The van der Waals surface area contributed by atoms with Crippen molar-refractivity contribution in [2.24, 2.45) is 0 Å². The Morgan fingerprint density at radius 2 is 2.07 bits per heavy atom. The molecular weight excluding hydrogens is 204 g/mol. The van der Waals surface area contributed by atoms with Crippen LogP contribution in [0.15, 0.2) is 6.20 Å². The van der Waals surface area contributed by atoms with Gasteiger partial charge in [0, 0.05) is 17.4 Å². The summed E-state index contributed by atoms with van der Waals surface area (Å²) in [5.41, 5.74) is 1.42. The van der Waals surface area contributed by atoms with Crippen molar-refractivity contribution in [3.8, 4) is 0 Å². The van der Waals surface area contributed by atoms with Gasteiger partial charge in [-0.05, 0) is 38.4 Å². The molecule has 0 saturated carbocycles. The lowest BCUT2D eigenvalue weighted by atomic mass is 9.97. The number of nitrogens with one attached hydrogen (secondary N) is 1. The van der Waals surface area contributed by atoms with Crippen molar-refractivity contribution >= 4 is 12.2 Å². The number of aromatic amines is 1. The van der Waals surface area contributed by atoms with Crippen LogP contribution in [-0.4, -0.2) is 9.55 Å². The zero-order valence-electron chi connectivity index (χ0n) is 10.4. The highest BCUT2D eigenvalue weighted by molar-refractivity contribution is 7.71. The molecule has 0 saturated heterocycles. The summed E-state index contributed by atoms with van der Waals surface area (Å²) in [5, 5.41) is 0. The minimum absolute atomic E-state index is 0.117. The van der Waals surface area contributed by atoms with E-state index < -0.39 is 0 Å². The van der Waals surface area contributed by atoms with E-state index in [4.69, 9.17) is 12.2 Å². The van der Waals surface area contributed by atoms with Crippen molar-refractivity contribution in [1.29, 1.82) is 0 Å². The fraction of sp³-hybridized carbons (Fsp3) is 0.750. The number of hydrogen-bond acceptors (Lipinski definition) is 1. The van der Waals surface area contributed by atoms with Crippen molar-refractivity contribution in [1.82, 2.24) is 9.55 Å². The summed E-state index contributed by atoms with van der Waals surface area (Å²) in [6.45, 7) is 11.1. The number of H-pyrrole nitrogens is 1. The molecule has 0 amide bonds. The van der Waals surface area contributed by atoms with Crippen LogP contribution in [0.2, 0.25) is 0 Å². The fourth-order valence-corrected chi connectivity index (χ4v) is 2.57. The van der Waals surface area contributed by atoms with Crippen molar-refractivity contribution in [2.45, 2.75) is 58.9 Å². The Morgan fingerprint density at radius 3 is 2.53 bits per heavy atom. The van der Waals surface area contributed by atoms with Crippen LogP contribution in [0.4, 0.5) is 0 Å². The lowest BCUT2D eigenvalue weighted by molar-refractivity contribution is 0.309. The van der Waals surface area contributed by atoms with E-state index in [0.717, 1.165) is 11.2 Å². The first-order valence-electron chi connectivity index (χ1n) is 5.71. The van der Waals surface area contributed by atoms with Crippen molar-refractivity contribution < 1.29 is 0 Å². The average Bonchev–Trinajstić information content (AvgIpc) is 2.47. The molecule has 15 heavy (non-hydrogen) atoms. The molecule has 0 aliphatic heterocycles. The molecule has 1 rings (SSSR count). The fourth-order valence-electron chi connectivity index (χ4n) is 2.15. The molecule has 1 aromatic heterocycles. The van der Waals surface area contributed by atoms with Gasteiger partial charge in [0.15, 0.2) is 4.77 Å². The Hall–Kier alpha value is -0.570. The minimum atomic E-state index is 0.117. The predicted octanol–water partition coefficient (Wildman–Crippen LogP) is 4.20. The van der Waals surface area contributed by atoms with Gasteiger partial charge in [0.05, 0.1) is 0 Å². The van der Waals surface area contributed by atoms with E-state index in [-0.39, 0.29) is 5.54 Å². The molecule has 1 aromatic rings. The summed E-state index contributed by atoms with van der Waals surface area (Å²) in [4.78, 5) is 3.16. The highest BCUT2D eigenvalue weighted by Gasteiger charge is 2.23. The Labute approximate surface area is 97.7 Å². The molecule has 0 spiro atoms. The first kappa shape index (κ1) is 12.5. The van der Waals surface area contributed by atoms with Gasteiger partial charge in [0.2, 0.25) is 0 Å². The lowest BCUT2D eigenvalue weighted by Crippen LogP contribution is -2.28. The Morgan fingerprint density at radius 1 is 1.47 bits per heavy atom. The molecule has 2 nitrogen and oxygen atoms in total. The molecular formula is C12H22N2S. The molecule has 3 heteroatoms. The van der Waals surface area contributed by atoms with Gasteiger partial charge in [-0.2, -0.15) is 0 Å². The zero-order chi connectivity index (χ0) is 11.6. The van der Waals surface area contributed by atoms with Crippen LogP contribution in [-0.2, 0) is 5.54 Å². The third kappa shape index (κ3) is 2.51. The van der Waals surface area contributed by atoms with Gasteiger partial charge in [-0.1, -0.05) is 27.2 Å². The molecule has 1 heterocycles. The molecule has 0 bridgehead atoms. The van der Waals surface area contributed by atoms with Crippen LogP contribution in [0.5, 0.6) is 0 Å². The largest absolute Gasteiger partial charge is 0.337 e. The second-order valence-electron chi connectivity index (χ2n) is 5.07. The zero-order valence-corrected chi connectivity index (χ0v) is 11.2. The van der Waals surface area contributed by atoms with E-state index in [1.807, 2.05) is 6.20 Å². The first-order valence-corrected chi connectivity index (χ1v) is 6.11. The van der Waals surface area contributed by atoms with Crippen molar-refractivity contribution in [3.05, 3.63) is 16.7 Å². The van der Waals surface area contributed by atoms with E-state index in [0.29, 0.717) is 5.92 Å². The van der Waals surface area contributed by atoms with Crippen LogP contribution >= 0.6 is 12.2 Å². The summed E-state index contributed by atoms with van der Waals surface area (Å²) in [5.74, 6) is 0.508. The van der Waals surface area contributed by atoms with Crippen LogP contribution in [0.25, 0.3) is 0 Å². The quantitative estimate of drug-likeness (QED) is 0.763. The van der Waals surface area contributed by atoms with E-state index in [9.17, 15) is 0 Å². The number of nitrogens with zero attached hydrogens (tertiary/aromatic N) is 1. The van der Waals surface area contributed by atoms with E-state index in [1.165, 1.54) is 12.1 Å². The SMILES string of the molecule is CCCC(C)(C)n1c(C(C)C)c[nH]c1=S. The third-order valence-corrected chi connectivity index (χ3v) is 3.16. The van der Waals surface area contributed by atoms with Crippen molar-refractivity contribution in [3.63, 3.8) is 0 Å². The van der Waals surface area contributed by atoms with E-state index >= 15 is 0 Å². The van der Waals surface area contributed by atoms with Gasteiger partial charge >= 0.3 is 0 Å². The molecule has 1 N–H and O–H groups in total. The summed E-state index contributed by atoms with van der Waals surface area (Å²) >= 11 is 5.36. The molecule has 0 atom stereocenters. The van der Waals surface area contributed by atoms with Crippen LogP contribution in [0.1, 0.15) is 59.1 Å². The third-order valence-electron chi connectivity index (χ3n) is 2.86. The van der Waals surface area contributed by atoms with Gasteiger partial charge < -0.3 is 9.55 Å². The van der Waals surface area contributed by atoms with Gasteiger partial charge in [-0.3, -0.25) is 0 Å². The standard InChI is InChI=1S/C12H22N2S/c1-6-7-12(4,5)14-10(9(2)3)8-13-11(14)15/h8-9H,6-7H2,1-5H3,(H,13,15). The maximum atomic E-state index is 5.36. The predicted molar refractivity (Wildman–Crippen MR) is 67.9 cm³/mol. The molecule has 0 aliphatic carbocycles. The van der Waals surface area contributed by atoms with Gasteiger partial charge in [-0.25, -0.2) is 0 Å². The van der Waals surface area contributed by atoms with Crippen LogP contribution < -0.4 is 0 Å². The molecule has 0 aliphatic rings. The van der Waals surface area contributed by atoms with E-state index in [2.05, 4.69) is 44.2 Å². The van der Waals surface area contributed by atoms with Gasteiger partial charge in [0.25, 0.3) is 0 Å². The summed E-state index contributed by atoms with van der Waals surface area (Å²) in [7, 11) is 0. The molecule has 0 aromatic carbocycles.